The second-order valence-electron chi connectivity index (χ2n) is 6.04. The topological polar surface area (TPSA) is 110 Å². The highest BCUT2D eigenvalue weighted by Gasteiger charge is 2.23. The Morgan fingerprint density at radius 1 is 1.25 bits per heavy atom. The van der Waals surface area contributed by atoms with Crippen molar-refractivity contribution in [1.29, 1.82) is 0 Å². The average molecular weight is 381 g/mol. The fourth-order valence-electron chi connectivity index (χ4n) is 1.90. The van der Waals surface area contributed by atoms with Crippen LogP contribution >= 0.6 is 0 Å². The predicted molar refractivity (Wildman–Crippen MR) is 92.1 cm³/mol. The zero-order chi connectivity index (χ0) is 18.7. The highest BCUT2D eigenvalue weighted by Crippen LogP contribution is 2.22. The Hall–Kier alpha value is -1.23. The molecule has 1 unspecified atom stereocenters. The van der Waals surface area contributed by atoms with Gasteiger partial charge in [-0.05, 0) is 30.5 Å². The molecule has 7 nitrogen and oxygen atoms in total. The van der Waals surface area contributed by atoms with Crippen LogP contribution in [-0.4, -0.2) is 47.0 Å². The van der Waals surface area contributed by atoms with E-state index in [2.05, 4.69) is 0 Å². The van der Waals surface area contributed by atoms with Crippen LogP contribution in [0, 0.1) is 11.7 Å². The molecule has 0 amide bonds. The van der Waals surface area contributed by atoms with Crippen molar-refractivity contribution < 1.29 is 21.2 Å². The number of sulfonamides is 2. The van der Waals surface area contributed by atoms with Gasteiger partial charge in [-0.25, -0.2) is 25.5 Å². The largest absolute Gasteiger partial charge is 0.327 e. The summed E-state index contributed by atoms with van der Waals surface area (Å²) < 4.78 is 64.2. The summed E-state index contributed by atoms with van der Waals surface area (Å²) in [7, 11) is -6.15. The maximum Gasteiger partial charge on any atom is 0.242 e. The highest BCUT2D eigenvalue weighted by atomic mass is 32.2. The van der Waals surface area contributed by atoms with Crippen molar-refractivity contribution in [1.82, 2.24) is 4.31 Å². The molecule has 138 valence electrons. The van der Waals surface area contributed by atoms with E-state index in [9.17, 15) is 21.2 Å². The van der Waals surface area contributed by atoms with Crippen LogP contribution in [0.5, 0.6) is 0 Å². The number of nitrogens with two attached hydrogens (primary N) is 1. The second-order valence-corrected chi connectivity index (χ2v) is 9.83. The number of hydrogen-bond acceptors (Lipinski definition) is 5. The minimum absolute atomic E-state index is 0.138. The molecule has 0 aliphatic heterocycles. The van der Waals surface area contributed by atoms with E-state index in [1.165, 1.54) is 7.05 Å². The van der Waals surface area contributed by atoms with Crippen LogP contribution in [0.25, 0.3) is 0 Å². The van der Waals surface area contributed by atoms with Gasteiger partial charge < -0.3 is 5.73 Å². The second kappa shape index (κ2) is 7.77. The van der Waals surface area contributed by atoms with E-state index in [0.29, 0.717) is 6.42 Å². The maximum atomic E-state index is 14.0. The van der Waals surface area contributed by atoms with E-state index < -0.39 is 25.9 Å². The first kappa shape index (κ1) is 20.8. The van der Waals surface area contributed by atoms with Crippen LogP contribution in [-0.2, 0) is 20.0 Å². The van der Waals surface area contributed by atoms with Gasteiger partial charge in [0.1, 0.15) is 5.82 Å². The van der Waals surface area contributed by atoms with Crippen molar-refractivity contribution in [2.75, 3.05) is 24.6 Å². The molecule has 0 aliphatic carbocycles. The quantitative estimate of drug-likeness (QED) is 0.703. The lowest BCUT2D eigenvalue weighted by Gasteiger charge is -2.21. The van der Waals surface area contributed by atoms with Gasteiger partial charge in [0.25, 0.3) is 0 Å². The Kier molecular flexibility index (Phi) is 6.74. The Bertz CT molecular complexity index is 779. The lowest BCUT2D eigenvalue weighted by molar-refractivity contribution is 0.397. The molecule has 1 rings (SSSR count). The zero-order valence-corrected chi connectivity index (χ0v) is 15.8. The van der Waals surface area contributed by atoms with E-state index in [4.69, 9.17) is 5.73 Å². The SMILES string of the molecule is CC(C)C(N)CCN(C)S(=O)(=O)c1ccc(NS(C)(=O)=O)c(F)c1. The molecule has 0 aliphatic rings. The van der Waals surface area contributed by atoms with Gasteiger partial charge in [-0.1, -0.05) is 13.8 Å². The van der Waals surface area contributed by atoms with Crippen LogP contribution < -0.4 is 10.5 Å². The maximum absolute atomic E-state index is 14.0. The number of nitrogens with one attached hydrogen (secondary N) is 1. The first-order chi connectivity index (χ1) is 10.8. The molecule has 24 heavy (non-hydrogen) atoms. The number of hydrogen-bond donors (Lipinski definition) is 2. The van der Waals surface area contributed by atoms with Gasteiger partial charge in [0, 0.05) is 19.6 Å². The third-order valence-electron chi connectivity index (χ3n) is 3.58. The molecule has 0 aromatic heterocycles. The van der Waals surface area contributed by atoms with E-state index in [1.807, 2.05) is 18.6 Å². The highest BCUT2D eigenvalue weighted by molar-refractivity contribution is 7.92. The van der Waals surface area contributed by atoms with Crippen LogP contribution in [0.4, 0.5) is 10.1 Å². The fraction of sp³-hybridized carbons (Fsp3) is 0.571. The standard InChI is InChI=1S/C14H24FN3O4S2/c1-10(2)13(16)7-8-18(3)24(21,22)11-5-6-14(12(15)9-11)17-23(4,19)20/h5-6,9-10,13,17H,7-8,16H2,1-4H3. The van der Waals surface area contributed by atoms with Crippen LogP contribution in [0.3, 0.4) is 0 Å². The first-order valence-electron chi connectivity index (χ1n) is 7.34. The minimum Gasteiger partial charge on any atom is -0.327 e. The Labute approximate surface area is 143 Å². The van der Waals surface area contributed by atoms with Crippen molar-refractivity contribution in [2.45, 2.75) is 31.2 Å². The molecule has 0 bridgehead atoms. The Balaban J connectivity index is 2.96. The number of benzene rings is 1. The van der Waals surface area contributed by atoms with Crippen molar-refractivity contribution in [2.24, 2.45) is 11.7 Å². The molecular formula is C14H24FN3O4S2. The molecule has 1 atom stereocenters. The van der Waals surface area contributed by atoms with Gasteiger partial charge in [0.2, 0.25) is 20.0 Å². The number of rotatable bonds is 8. The summed E-state index contributed by atoms with van der Waals surface area (Å²) in [6, 6.07) is 2.89. The molecule has 0 heterocycles. The first-order valence-corrected chi connectivity index (χ1v) is 10.7. The van der Waals surface area contributed by atoms with Crippen LogP contribution in [0.1, 0.15) is 20.3 Å². The van der Waals surface area contributed by atoms with E-state index in [1.54, 1.807) is 0 Å². The van der Waals surface area contributed by atoms with Gasteiger partial charge >= 0.3 is 0 Å². The third kappa shape index (κ3) is 5.69. The van der Waals surface area contributed by atoms with Gasteiger partial charge in [-0.3, -0.25) is 4.72 Å². The van der Waals surface area contributed by atoms with Crippen LogP contribution in [0.15, 0.2) is 23.1 Å². The van der Waals surface area contributed by atoms with Gasteiger partial charge in [0.05, 0.1) is 16.8 Å². The van der Waals surface area contributed by atoms with Crippen molar-refractivity contribution in [3.05, 3.63) is 24.0 Å². The van der Waals surface area contributed by atoms with E-state index in [0.717, 1.165) is 28.8 Å². The summed E-state index contributed by atoms with van der Waals surface area (Å²) in [5.41, 5.74) is 5.60. The smallest absolute Gasteiger partial charge is 0.242 e. The molecule has 0 saturated heterocycles. The molecule has 3 N–H and O–H groups in total. The summed E-state index contributed by atoms with van der Waals surface area (Å²) in [6.07, 6.45) is 1.35. The van der Waals surface area contributed by atoms with Crippen LogP contribution in [0.2, 0.25) is 0 Å². The summed E-state index contributed by atoms with van der Waals surface area (Å²) >= 11 is 0. The molecular weight excluding hydrogens is 357 g/mol. The molecule has 0 saturated carbocycles. The Morgan fingerprint density at radius 3 is 2.29 bits per heavy atom. The molecule has 0 radical (unpaired) electrons. The average Bonchev–Trinajstić information content (AvgIpc) is 2.44. The normalized spacial score (nSPS) is 14.2. The summed E-state index contributed by atoms with van der Waals surface area (Å²) in [4.78, 5) is -0.250. The lowest BCUT2D eigenvalue weighted by atomic mass is 10.0. The third-order valence-corrected chi connectivity index (χ3v) is 6.02. The summed E-state index contributed by atoms with van der Waals surface area (Å²) in [5.74, 6) is -0.742. The number of halogens is 1. The lowest BCUT2D eigenvalue weighted by Crippen LogP contribution is -2.34. The van der Waals surface area contributed by atoms with Crippen molar-refractivity contribution in [3.8, 4) is 0 Å². The summed E-state index contributed by atoms with van der Waals surface area (Å²) in [5, 5.41) is 0. The van der Waals surface area contributed by atoms with E-state index in [-0.39, 0.29) is 29.1 Å². The van der Waals surface area contributed by atoms with Crippen molar-refractivity contribution >= 4 is 25.7 Å². The Morgan fingerprint density at radius 2 is 1.83 bits per heavy atom. The number of nitrogens with zero attached hydrogens (tertiary/aromatic N) is 1. The van der Waals surface area contributed by atoms with Gasteiger partial charge in [-0.15, -0.1) is 0 Å². The minimum atomic E-state index is -3.88. The zero-order valence-electron chi connectivity index (χ0n) is 14.2. The molecule has 1 aromatic carbocycles. The van der Waals surface area contributed by atoms with Gasteiger partial charge in [-0.2, -0.15) is 0 Å². The predicted octanol–water partition coefficient (Wildman–Crippen LogP) is 1.19. The monoisotopic (exact) mass is 381 g/mol. The summed E-state index contributed by atoms with van der Waals surface area (Å²) in [6.45, 7) is 4.09. The molecule has 0 spiro atoms. The number of anilines is 1. The van der Waals surface area contributed by atoms with E-state index >= 15 is 0 Å². The molecule has 10 heteroatoms. The van der Waals surface area contributed by atoms with Crippen molar-refractivity contribution in [3.63, 3.8) is 0 Å². The van der Waals surface area contributed by atoms with Gasteiger partial charge in [0.15, 0.2) is 0 Å². The molecule has 1 aromatic rings. The molecule has 0 fully saturated rings. The fourth-order valence-corrected chi connectivity index (χ4v) is 3.67.